The summed E-state index contributed by atoms with van der Waals surface area (Å²) in [5.41, 5.74) is 5.52. The zero-order chi connectivity index (χ0) is 16.0. The first-order chi connectivity index (χ1) is 9.85. The minimum absolute atomic E-state index is 0.0553. The number of aryl methyl sites for hydroxylation is 2. The third kappa shape index (κ3) is 4.43. The molecule has 0 spiro atoms. The molecule has 0 aromatic carbocycles. The van der Waals surface area contributed by atoms with Crippen LogP contribution < -0.4 is 10.5 Å². The van der Waals surface area contributed by atoms with E-state index in [1.165, 1.54) is 6.20 Å². The van der Waals surface area contributed by atoms with Crippen molar-refractivity contribution in [2.45, 2.75) is 57.6 Å². The van der Waals surface area contributed by atoms with Gasteiger partial charge in [-0.25, -0.2) is 13.4 Å². The fourth-order valence-electron chi connectivity index (χ4n) is 1.95. The number of hydrogen-bond donors (Lipinski definition) is 3. The molecule has 8 nitrogen and oxygen atoms in total. The van der Waals surface area contributed by atoms with Crippen molar-refractivity contribution in [1.82, 2.24) is 14.3 Å². The number of nitrogens with zero attached hydrogens (tertiary/aromatic N) is 3. The largest absolute Gasteiger partial charge is 0.409 e. The van der Waals surface area contributed by atoms with Gasteiger partial charge in [0.2, 0.25) is 0 Å². The molecule has 1 unspecified atom stereocenters. The Morgan fingerprint density at radius 2 is 2.19 bits per heavy atom. The van der Waals surface area contributed by atoms with Crippen molar-refractivity contribution in [3.8, 4) is 0 Å². The maximum Gasteiger partial charge on any atom is 0.260 e. The number of imidazole rings is 1. The molecule has 1 heterocycles. The molecule has 1 rings (SSSR count). The van der Waals surface area contributed by atoms with Crippen LogP contribution >= 0.6 is 0 Å². The Bertz CT molecular complexity index is 594. The summed E-state index contributed by atoms with van der Waals surface area (Å²) in [6, 6.07) is -0.748. The summed E-state index contributed by atoms with van der Waals surface area (Å²) >= 11 is 0. The number of nitrogens with one attached hydrogen (secondary N) is 1. The van der Waals surface area contributed by atoms with Gasteiger partial charge in [0.1, 0.15) is 5.82 Å². The molecule has 0 aliphatic carbocycles. The number of hydrogen-bond acceptors (Lipinski definition) is 5. The van der Waals surface area contributed by atoms with Gasteiger partial charge in [-0.1, -0.05) is 25.4 Å². The van der Waals surface area contributed by atoms with Crippen molar-refractivity contribution in [1.29, 1.82) is 0 Å². The van der Waals surface area contributed by atoms with Gasteiger partial charge < -0.3 is 15.5 Å². The summed E-state index contributed by atoms with van der Waals surface area (Å²) < 4.78 is 28.9. The van der Waals surface area contributed by atoms with E-state index in [-0.39, 0.29) is 10.9 Å². The van der Waals surface area contributed by atoms with E-state index in [1.807, 2.05) is 13.8 Å². The third-order valence-corrected chi connectivity index (χ3v) is 4.38. The van der Waals surface area contributed by atoms with Crippen molar-refractivity contribution in [2.75, 3.05) is 0 Å². The number of nitrogens with two attached hydrogens (primary N) is 1. The Balaban J connectivity index is 3.01. The van der Waals surface area contributed by atoms with Crippen LogP contribution in [-0.4, -0.2) is 35.1 Å². The Morgan fingerprint density at radius 3 is 2.71 bits per heavy atom. The highest BCUT2D eigenvalue weighted by Crippen LogP contribution is 2.11. The molecule has 1 atom stereocenters. The standard InChI is InChI=1S/C12H23N5O3S/c1-4-6-10(12(13)15-18)16-21(19,20)11-8-17(7-5-2)9(3)14-11/h8,10,16,18H,4-7H2,1-3H3,(H2,13,15). The lowest BCUT2D eigenvalue weighted by Crippen LogP contribution is -2.44. The molecule has 0 bridgehead atoms. The second-order valence-corrected chi connectivity index (χ2v) is 6.47. The third-order valence-electron chi connectivity index (χ3n) is 3.04. The highest BCUT2D eigenvalue weighted by atomic mass is 32.2. The first-order valence-electron chi connectivity index (χ1n) is 6.89. The fourth-order valence-corrected chi connectivity index (χ4v) is 3.20. The van der Waals surface area contributed by atoms with Crippen molar-refractivity contribution < 1.29 is 13.6 Å². The molecule has 21 heavy (non-hydrogen) atoms. The summed E-state index contributed by atoms with van der Waals surface area (Å²) in [6.07, 6.45) is 3.50. The van der Waals surface area contributed by atoms with Gasteiger partial charge in [0, 0.05) is 12.7 Å². The van der Waals surface area contributed by atoms with Crippen LogP contribution in [0.2, 0.25) is 0 Å². The Kier molecular flexibility index (Phi) is 6.16. The van der Waals surface area contributed by atoms with Crippen LogP contribution in [0.25, 0.3) is 0 Å². The van der Waals surface area contributed by atoms with Crippen LogP contribution in [0.4, 0.5) is 0 Å². The number of aromatic nitrogens is 2. The quantitative estimate of drug-likeness (QED) is 0.283. The van der Waals surface area contributed by atoms with Gasteiger partial charge in [0.05, 0.1) is 6.04 Å². The van der Waals surface area contributed by atoms with Crippen LogP contribution in [-0.2, 0) is 16.6 Å². The summed E-state index contributed by atoms with van der Waals surface area (Å²) in [4.78, 5) is 4.07. The minimum atomic E-state index is -3.81. The molecule has 4 N–H and O–H groups in total. The maximum atomic E-state index is 12.3. The van der Waals surface area contributed by atoms with Gasteiger partial charge in [0.15, 0.2) is 10.9 Å². The molecule has 0 aliphatic heterocycles. The van der Waals surface area contributed by atoms with Gasteiger partial charge in [0.25, 0.3) is 10.0 Å². The summed E-state index contributed by atoms with van der Waals surface area (Å²) in [7, 11) is -3.81. The average molecular weight is 317 g/mol. The zero-order valence-corrected chi connectivity index (χ0v) is 13.4. The molecule has 0 aliphatic rings. The van der Waals surface area contributed by atoms with Gasteiger partial charge in [-0.2, -0.15) is 4.72 Å². The van der Waals surface area contributed by atoms with Gasteiger partial charge in [-0.05, 0) is 19.8 Å². The average Bonchev–Trinajstić information content (AvgIpc) is 2.80. The summed E-state index contributed by atoms with van der Waals surface area (Å²) in [6.45, 7) is 6.34. The van der Waals surface area contributed by atoms with Crippen molar-refractivity contribution in [2.24, 2.45) is 10.9 Å². The molecule has 1 aromatic rings. The maximum absolute atomic E-state index is 12.3. The molecule has 0 amide bonds. The van der Waals surface area contributed by atoms with Gasteiger partial charge in [-0.3, -0.25) is 0 Å². The van der Waals surface area contributed by atoms with Gasteiger partial charge in [-0.15, -0.1) is 0 Å². The van der Waals surface area contributed by atoms with Crippen molar-refractivity contribution >= 4 is 15.9 Å². The first kappa shape index (κ1) is 17.4. The highest BCUT2D eigenvalue weighted by molar-refractivity contribution is 7.89. The van der Waals surface area contributed by atoms with E-state index in [0.29, 0.717) is 25.2 Å². The lowest BCUT2D eigenvalue weighted by Gasteiger charge is -2.15. The predicted molar refractivity (Wildman–Crippen MR) is 79.7 cm³/mol. The van der Waals surface area contributed by atoms with Crippen LogP contribution in [0, 0.1) is 6.92 Å². The molecule has 9 heteroatoms. The molecular formula is C12H23N5O3S. The van der Waals surface area contributed by atoms with E-state index in [2.05, 4.69) is 14.9 Å². The van der Waals surface area contributed by atoms with Crippen molar-refractivity contribution in [3.05, 3.63) is 12.0 Å². The lowest BCUT2D eigenvalue weighted by molar-refractivity contribution is 0.315. The van der Waals surface area contributed by atoms with Crippen LogP contribution in [0.15, 0.2) is 16.4 Å². The number of sulfonamides is 1. The number of oxime groups is 1. The molecule has 0 radical (unpaired) electrons. The van der Waals surface area contributed by atoms with E-state index in [1.54, 1.807) is 11.5 Å². The second-order valence-electron chi connectivity index (χ2n) is 4.81. The van der Waals surface area contributed by atoms with E-state index >= 15 is 0 Å². The zero-order valence-electron chi connectivity index (χ0n) is 12.6. The molecule has 0 saturated heterocycles. The van der Waals surface area contributed by atoms with Gasteiger partial charge >= 0.3 is 0 Å². The minimum Gasteiger partial charge on any atom is -0.409 e. The summed E-state index contributed by atoms with van der Waals surface area (Å²) in [5, 5.41) is 11.5. The van der Waals surface area contributed by atoms with E-state index < -0.39 is 16.1 Å². The number of amidine groups is 1. The van der Waals surface area contributed by atoms with Crippen LogP contribution in [0.3, 0.4) is 0 Å². The Morgan fingerprint density at radius 1 is 1.52 bits per heavy atom. The first-order valence-corrected chi connectivity index (χ1v) is 8.37. The summed E-state index contributed by atoms with van der Waals surface area (Å²) in [5.74, 6) is 0.471. The molecule has 120 valence electrons. The Labute approximate surface area is 125 Å². The second kappa shape index (κ2) is 7.41. The van der Waals surface area contributed by atoms with E-state index in [9.17, 15) is 8.42 Å². The monoisotopic (exact) mass is 317 g/mol. The van der Waals surface area contributed by atoms with Crippen LogP contribution in [0.1, 0.15) is 38.9 Å². The SMILES string of the molecule is CCCC(NS(=O)(=O)c1cn(CCC)c(C)n1)C(N)=NO. The molecule has 1 aromatic heterocycles. The van der Waals surface area contributed by atoms with Crippen LogP contribution in [0.5, 0.6) is 0 Å². The topological polar surface area (TPSA) is 123 Å². The Hall–Kier alpha value is -1.61. The lowest BCUT2D eigenvalue weighted by atomic mass is 10.2. The molecule has 0 saturated carbocycles. The predicted octanol–water partition coefficient (Wildman–Crippen LogP) is 0.795. The molecular weight excluding hydrogens is 294 g/mol. The highest BCUT2D eigenvalue weighted by Gasteiger charge is 2.25. The fraction of sp³-hybridized carbons (Fsp3) is 0.667. The molecule has 0 fully saturated rings. The van der Waals surface area contributed by atoms with E-state index in [0.717, 1.165) is 6.42 Å². The van der Waals surface area contributed by atoms with Crippen molar-refractivity contribution in [3.63, 3.8) is 0 Å². The normalized spacial score (nSPS) is 14.3. The smallest absolute Gasteiger partial charge is 0.260 e. The van der Waals surface area contributed by atoms with E-state index in [4.69, 9.17) is 10.9 Å². The number of rotatable bonds is 8.